The van der Waals surface area contributed by atoms with Crippen molar-refractivity contribution < 1.29 is 4.74 Å². The van der Waals surface area contributed by atoms with Gasteiger partial charge in [-0.25, -0.2) is 0 Å². The standard InChI is InChI=1S/C12H17BrClNOS/c1-3-9-7(4-5-16-9)11(15-2)10-6-8(14)12(13)17-10/h6-7,9,11,15H,3-5H2,1-2H3. The highest BCUT2D eigenvalue weighted by molar-refractivity contribution is 9.11. The van der Waals surface area contributed by atoms with Crippen LogP contribution in [-0.2, 0) is 4.74 Å². The molecule has 0 radical (unpaired) electrons. The summed E-state index contributed by atoms with van der Waals surface area (Å²) in [7, 11) is 2.01. The van der Waals surface area contributed by atoms with Gasteiger partial charge >= 0.3 is 0 Å². The highest BCUT2D eigenvalue weighted by Crippen LogP contribution is 2.41. The molecular formula is C12H17BrClNOS. The molecule has 0 spiro atoms. The zero-order chi connectivity index (χ0) is 12.4. The minimum atomic E-state index is 0.344. The lowest BCUT2D eigenvalue weighted by Gasteiger charge is -2.25. The monoisotopic (exact) mass is 337 g/mol. The number of thiophene rings is 1. The molecule has 1 N–H and O–H groups in total. The lowest BCUT2D eigenvalue weighted by molar-refractivity contribution is 0.0786. The van der Waals surface area contributed by atoms with E-state index < -0.39 is 0 Å². The van der Waals surface area contributed by atoms with Crippen LogP contribution in [0.1, 0.15) is 30.7 Å². The van der Waals surface area contributed by atoms with E-state index in [2.05, 4.69) is 34.2 Å². The summed E-state index contributed by atoms with van der Waals surface area (Å²) in [6.45, 7) is 3.06. The van der Waals surface area contributed by atoms with Crippen LogP contribution in [0.2, 0.25) is 5.02 Å². The fraction of sp³-hybridized carbons (Fsp3) is 0.667. The molecule has 2 nitrogen and oxygen atoms in total. The maximum absolute atomic E-state index is 6.11. The molecule has 3 unspecified atom stereocenters. The van der Waals surface area contributed by atoms with Crippen LogP contribution in [0, 0.1) is 5.92 Å². The fourth-order valence-corrected chi connectivity index (χ4v) is 4.48. The highest BCUT2D eigenvalue weighted by Gasteiger charge is 2.34. The molecule has 0 bridgehead atoms. The topological polar surface area (TPSA) is 21.3 Å². The molecule has 3 atom stereocenters. The second-order valence-electron chi connectivity index (χ2n) is 4.31. The Hall–Kier alpha value is 0.390. The van der Waals surface area contributed by atoms with Crippen molar-refractivity contribution in [3.05, 3.63) is 19.8 Å². The van der Waals surface area contributed by atoms with Gasteiger partial charge in [0.2, 0.25) is 0 Å². The summed E-state index contributed by atoms with van der Waals surface area (Å²) in [4.78, 5) is 1.29. The summed E-state index contributed by atoms with van der Waals surface area (Å²) in [5.74, 6) is 0.548. The summed E-state index contributed by atoms with van der Waals surface area (Å²) >= 11 is 11.3. The summed E-state index contributed by atoms with van der Waals surface area (Å²) in [5, 5.41) is 4.22. The van der Waals surface area contributed by atoms with E-state index in [0.717, 1.165) is 28.3 Å². The third kappa shape index (κ3) is 2.87. The second-order valence-corrected chi connectivity index (χ2v) is 7.12. The second kappa shape index (κ2) is 6.02. The summed E-state index contributed by atoms with van der Waals surface area (Å²) in [5.41, 5.74) is 0. The highest BCUT2D eigenvalue weighted by atomic mass is 79.9. The molecule has 0 saturated carbocycles. The van der Waals surface area contributed by atoms with Crippen LogP contribution in [-0.4, -0.2) is 19.8 Å². The number of ether oxygens (including phenoxy) is 1. The number of nitrogens with one attached hydrogen (secondary N) is 1. The van der Waals surface area contributed by atoms with Crippen LogP contribution in [0.5, 0.6) is 0 Å². The quantitative estimate of drug-likeness (QED) is 0.886. The first-order valence-electron chi connectivity index (χ1n) is 5.91. The number of hydrogen-bond acceptors (Lipinski definition) is 3. The largest absolute Gasteiger partial charge is 0.378 e. The van der Waals surface area contributed by atoms with Crippen molar-refractivity contribution in [2.75, 3.05) is 13.7 Å². The van der Waals surface area contributed by atoms with Crippen molar-refractivity contribution >= 4 is 38.9 Å². The van der Waals surface area contributed by atoms with Crippen molar-refractivity contribution in [1.29, 1.82) is 0 Å². The molecule has 1 aromatic rings. The van der Waals surface area contributed by atoms with Gasteiger partial charge in [-0.05, 0) is 41.9 Å². The molecule has 1 aliphatic rings. The maximum Gasteiger partial charge on any atom is 0.0887 e. The van der Waals surface area contributed by atoms with E-state index in [1.165, 1.54) is 4.88 Å². The number of halogens is 2. The van der Waals surface area contributed by atoms with E-state index in [4.69, 9.17) is 16.3 Å². The van der Waals surface area contributed by atoms with Gasteiger partial charge in [0, 0.05) is 23.4 Å². The molecule has 0 aromatic carbocycles. The zero-order valence-corrected chi connectivity index (χ0v) is 13.2. The van der Waals surface area contributed by atoms with E-state index in [9.17, 15) is 0 Å². The molecule has 96 valence electrons. The van der Waals surface area contributed by atoms with Crippen LogP contribution < -0.4 is 5.32 Å². The lowest BCUT2D eigenvalue weighted by Crippen LogP contribution is -2.30. The van der Waals surface area contributed by atoms with Gasteiger partial charge in [0.15, 0.2) is 0 Å². The van der Waals surface area contributed by atoms with Gasteiger partial charge in [0.25, 0.3) is 0 Å². The third-order valence-electron chi connectivity index (χ3n) is 3.37. The van der Waals surface area contributed by atoms with Crippen LogP contribution >= 0.6 is 38.9 Å². The van der Waals surface area contributed by atoms with Crippen molar-refractivity contribution in [3.63, 3.8) is 0 Å². The summed E-state index contributed by atoms with van der Waals surface area (Å²) in [6, 6.07) is 2.40. The molecular weight excluding hydrogens is 322 g/mol. The van der Waals surface area contributed by atoms with E-state index in [1.54, 1.807) is 11.3 Å². The Morgan fingerprint density at radius 2 is 2.47 bits per heavy atom. The van der Waals surface area contributed by atoms with E-state index in [0.29, 0.717) is 18.1 Å². The van der Waals surface area contributed by atoms with Crippen molar-refractivity contribution in [3.8, 4) is 0 Å². The lowest BCUT2D eigenvalue weighted by atomic mass is 9.90. The van der Waals surface area contributed by atoms with Gasteiger partial charge in [-0.2, -0.15) is 0 Å². The first-order valence-corrected chi connectivity index (χ1v) is 7.89. The first kappa shape index (κ1) is 13.8. The first-order chi connectivity index (χ1) is 8.17. The van der Waals surface area contributed by atoms with Crippen LogP contribution in [0.15, 0.2) is 9.85 Å². The molecule has 17 heavy (non-hydrogen) atoms. The zero-order valence-electron chi connectivity index (χ0n) is 10.0. The van der Waals surface area contributed by atoms with Crippen LogP contribution in [0.4, 0.5) is 0 Å². The maximum atomic E-state index is 6.11. The number of hydrogen-bond donors (Lipinski definition) is 1. The van der Waals surface area contributed by atoms with E-state index in [-0.39, 0.29) is 0 Å². The Morgan fingerprint density at radius 1 is 1.71 bits per heavy atom. The fourth-order valence-electron chi connectivity index (χ4n) is 2.55. The third-order valence-corrected chi connectivity index (χ3v) is 5.93. The predicted molar refractivity (Wildman–Crippen MR) is 77.0 cm³/mol. The Kier molecular flexibility index (Phi) is 4.89. The van der Waals surface area contributed by atoms with Gasteiger partial charge in [0.1, 0.15) is 0 Å². The van der Waals surface area contributed by atoms with E-state index >= 15 is 0 Å². The average molecular weight is 339 g/mol. The van der Waals surface area contributed by atoms with Crippen molar-refractivity contribution in [2.24, 2.45) is 5.92 Å². The van der Waals surface area contributed by atoms with E-state index in [1.807, 2.05) is 7.05 Å². The van der Waals surface area contributed by atoms with Gasteiger partial charge in [-0.3, -0.25) is 0 Å². The van der Waals surface area contributed by atoms with Crippen LogP contribution in [0.25, 0.3) is 0 Å². The number of rotatable bonds is 4. The summed E-state index contributed by atoms with van der Waals surface area (Å²) in [6.07, 6.45) is 2.56. The SMILES string of the molecule is CCC1OCCC1C(NC)c1cc(Cl)c(Br)s1. The van der Waals surface area contributed by atoms with Gasteiger partial charge < -0.3 is 10.1 Å². The molecule has 1 aromatic heterocycles. The van der Waals surface area contributed by atoms with Gasteiger partial charge in [-0.1, -0.05) is 18.5 Å². The van der Waals surface area contributed by atoms with Gasteiger partial charge in [0.05, 0.1) is 14.9 Å². The molecule has 1 fully saturated rings. The summed E-state index contributed by atoms with van der Waals surface area (Å²) < 4.78 is 6.79. The molecule has 2 rings (SSSR count). The molecule has 0 aliphatic carbocycles. The molecule has 2 heterocycles. The van der Waals surface area contributed by atoms with Gasteiger partial charge in [-0.15, -0.1) is 11.3 Å². The van der Waals surface area contributed by atoms with Crippen molar-refractivity contribution in [2.45, 2.75) is 31.9 Å². The molecule has 5 heteroatoms. The van der Waals surface area contributed by atoms with Crippen molar-refractivity contribution in [1.82, 2.24) is 5.32 Å². The molecule has 1 saturated heterocycles. The smallest absolute Gasteiger partial charge is 0.0887 e. The Labute approximate surface area is 120 Å². The normalized spacial score (nSPS) is 26.4. The minimum absolute atomic E-state index is 0.344. The Balaban J connectivity index is 2.20. The Bertz CT molecular complexity index is 365. The Morgan fingerprint density at radius 3 is 3.00 bits per heavy atom. The molecule has 0 amide bonds. The minimum Gasteiger partial charge on any atom is -0.378 e. The predicted octanol–water partition coefficient (Wildman–Crippen LogP) is 4.24. The molecule has 1 aliphatic heterocycles. The van der Waals surface area contributed by atoms with Crippen LogP contribution in [0.3, 0.4) is 0 Å². The average Bonchev–Trinajstić information content (AvgIpc) is 2.89.